The Morgan fingerprint density at radius 3 is 2.26 bits per heavy atom. The zero-order chi connectivity index (χ0) is 20.8. The molecule has 0 bridgehead atoms. The van der Waals surface area contributed by atoms with E-state index in [0.717, 1.165) is 6.26 Å². The molecule has 0 aromatic heterocycles. The summed E-state index contributed by atoms with van der Waals surface area (Å²) < 4.78 is 35.9. The van der Waals surface area contributed by atoms with Gasteiger partial charge in [0.15, 0.2) is 0 Å². The Kier molecular flexibility index (Phi) is 7.65. The van der Waals surface area contributed by atoms with E-state index < -0.39 is 33.7 Å². The molecule has 0 radical (unpaired) electrons. The van der Waals surface area contributed by atoms with Crippen LogP contribution in [0.4, 0.5) is 10.5 Å². The van der Waals surface area contributed by atoms with Crippen molar-refractivity contribution >= 4 is 27.8 Å². The van der Waals surface area contributed by atoms with E-state index >= 15 is 0 Å². The molecule has 0 saturated heterocycles. The molecule has 1 rings (SSSR count). The molecule has 0 spiro atoms. The summed E-state index contributed by atoms with van der Waals surface area (Å²) in [5.74, 6) is -0.634. The second kappa shape index (κ2) is 9.07. The number of esters is 1. The van der Waals surface area contributed by atoms with Gasteiger partial charge in [-0.05, 0) is 46.2 Å². The summed E-state index contributed by atoms with van der Waals surface area (Å²) in [6, 6.07) is 5.58. The van der Waals surface area contributed by atoms with Gasteiger partial charge >= 0.3 is 12.1 Å². The van der Waals surface area contributed by atoms with Gasteiger partial charge in [-0.15, -0.1) is 0 Å². The van der Waals surface area contributed by atoms with Crippen molar-refractivity contribution in [2.75, 3.05) is 11.0 Å². The number of hydrogen-bond donors (Lipinski definition) is 2. The van der Waals surface area contributed by atoms with Crippen LogP contribution in [0.3, 0.4) is 0 Å². The summed E-state index contributed by atoms with van der Waals surface area (Å²) in [6.07, 6.45) is -0.0666. The van der Waals surface area contributed by atoms with Gasteiger partial charge < -0.3 is 14.8 Å². The van der Waals surface area contributed by atoms with Gasteiger partial charge in [-0.2, -0.15) is 0 Å². The van der Waals surface area contributed by atoms with E-state index in [2.05, 4.69) is 10.0 Å². The highest BCUT2D eigenvalue weighted by Crippen LogP contribution is 2.19. The number of ether oxygens (including phenoxy) is 2. The molecule has 0 aliphatic heterocycles. The maximum Gasteiger partial charge on any atom is 0.408 e. The minimum absolute atomic E-state index is 0.0312. The third-order valence-corrected chi connectivity index (χ3v) is 3.65. The Morgan fingerprint density at radius 1 is 1.15 bits per heavy atom. The predicted octanol–water partition coefficient (Wildman–Crippen LogP) is 2.45. The summed E-state index contributed by atoms with van der Waals surface area (Å²) >= 11 is 0. The third-order valence-electron chi connectivity index (χ3n) is 3.06. The van der Waals surface area contributed by atoms with Gasteiger partial charge in [0.2, 0.25) is 10.0 Å². The zero-order valence-electron chi connectivity index (χ0n) is 16.5. The van der Waals surface area contributed by atoms with E-state index in [1.165, 1.54) is 0 Å². The molecule has 27 heavy (non-hydrogen) atoms. The molecule has 1 amide bonds. The standard InChI is InChI=1S/C18H28N2O6S/c1-12(2)25-16(21)15(19-17(22)26-18(3,4)5)11-13-9-7-8-10-14(13)20-27(6,23)24/h7-10,12,15,20H,11H2,1-6H3,(H,19,22). The van der Waals surface area contributed by atoms with Crippen molar-refractivity contribution in [3.63, 3.8) is 0 Å². The van der Waals surface area contributed by atoms with Crippen LogP contribution in [0, 0.1) is 0 Å². The molecule has 0 aliphatic carbocycles. The molecule has 1 atom stereocenters. The monoisotopic (exact) mass is 400 g/mol. The molecule has 152 valence electrons. The van der Waals surface area contributed by atoms with Gasteiger partial charge in [0, 0.05) is 6.42 Å². The Bertz CT molecular complexity index is 768. The van der Waals surface area contributed by atoms with Crippen LogP contribution >= 0.6 is 0 Å². The first-order chi connectivity index (χ1) is 12.3. The molecule has 1 unspecified atom stereocenters. The second-order valence-electron chi connectivity index (χ2n) is 7.42. The minimum Gasteiger partial charge on any atom is -0.461 e. The lowest BCUT2D eigenvalue weighted by molar-refractivity contribution is -0.149. The number of hydrogen-bond acceptors (Lipinski definition) is 6. The van der Waals surface area contributed by atoms with Crippen molar-refractivity contribution in [3.05, 3.63) is 29.8 Å². The fourth-order valence-corrected chi connectivity index (χ4v) is 2.77. The van der Waals surface area contributed by atoms with Crippen LogP contribution < -0.4 is 10.0 Å². The van der Waals surface area contributed by atoms with Gasteiger partial charge in [-0.25, -0.2) is 18.0 Å². The summed E-state index contributed by atoms with van der Waals surface area (Å²) in [4.78, 5) is 24.5. The Morgan fingerprint density at radius 2 is 1.74 bits per heavy atom. The Labute approximate surface area is 160 Å². The second-order valence-corrected chi connectivity index (χ2v) is 9.17. The number of carbonyl (C=O) groups excluding carboxylic acids is 2. The van der Waals surface area contributed by atoms with E-state index in [-0.39, 0.29) is 12.5 Å². The summed E-state index contributed by atoms with van der Waals surface area (Å²) in [5, 5.41) is 2.50. The lowest BCUT2D eigenvalue weighted by Gasteiger charge is -2.24. The number of carbonyl (C=O) groups is 2. The van der Waals surface area contributed by atoms with E-state index in [1.54, 1.807) is 58.9 Å². The van der Waals surface area contributed by atoms with E-state index in [9.17, 15) is 18.0 Å². The molecule has 0 fully saturated rings. The largest absolute Gasteiger partial charge is 0.461 e. The maximum atomic E-state index is 12.4. The first kappa shape index (κ1) is 22.8. The number of sulfonamides is 1. The summed E-state index contributed by atoms with van der Waals surface area (Å²) in [6.45, 7) is 8.52. The van der Waals surface area contributed by atoms with Gasteiger partial charge in [-0.1, -0.05) is 18.2 Å². The lowest BCUT2D eigenvalue weighted by atomic mass is 10.0. The van der Waals surface area contributed by atoms with E-state index in [1.807, 2.05) is 0 Å². The van der Waals surface area contributed by atoms with Crippen LogP contribution in [0.25, 0.3) is 0 Å². The number of nitrogens with one attached hydrogen (secondary N) is 2. The molecule has 8 nitrogen and oxygen atoms in total. The summed E-state index contributed by atoms with van der Waals surface area (Å²) in [7, 11) is -3.50. The fourth-order valence-electron chi connectivity index (χ4n) is 2.18. The van der Waals surface area contributed by atoms with E-state index in [4.69, 9.17) is 9.47 Å². The first-order valence-electron chi connectivity index (χ1n) is 8.52. The molecule has 1 aromatic carbocycles. The first-order valence-corrected chi connectivity index (χ1v) is 10.4. The Hall–Kier alpha value is -2.29. The maximum absolute atomic E-state index is 12.4. The molecule has 0 aliphatic rings. The van der Waals surface area contributed by atoms with Crippen LogP contribution in [0.2, 0.25) is 0 Å². The molecule has 9 heteroatoms. The van der Waals surface area contributed by atoms with Crippen molar-refractivity contribution in [1.82, 2.24) is 5.32 Å². The van der Waals surface area contributed by atoms with Crippen molar-refractivity contribution in [2.45, 2.75) is 58.8 Å². The molecule has 0 heterocycles. The molecule has 2 N–H and O–H groups in total. The van der Waals surface area contributed by atoms with Crippen molar-refractivity contribution in [2.24, 2.45) is 0 Å². The number of rotatable bonds is 7. The topological polar surface area (TPSA) is 111 Å². The smallest absolute Gasteiger partial charge is 0.408 e. The third kappa shape index (κ3) is 9.28. The number of benzene rings is 1. The zero-order valence-corrected chi connectivity index (χ0v) is 17.3. The molecule has 1 aromatic rings. The average molecular weight is 400 g/mol. The van der Waals surface area contributed by atoms with Crippen molar-refractivity contribution in [3.8, 4) is 0 Å². The number of para-hydroxylation sites is 1. The van der Waals surface area contributed by atoms with Crippen LogP contribution in [0.15, 0.2) is 24.3 Å². The van der Waals surface area contributed by atoms with Crippen LogP contribution in [0.1, 0.15) is 40.2 Å². The van der Waals surface area contributed by atoms with Crippen LogP contribution in [-0.4, -0.2) is 44.5 Å². The molecule has 0 saturated carbocycles. The molecular weight excluding hydrogens is 372 g/mol. The average Bonchev–Trinajstić information content (AvgIpc) is 2.44. The van der Waals surface area contributed by atoms with Crippen molar-refractivity contribution in [1.29, 1.82) is 0 Å². The fraction of sp³-hybridized carbons (Fsp3) is 0.556. The molecular formula is C18H28N2O6S. The van der Waals surface area contributed by atoms with Gasteiger partial charge in [0.05, 0.1) is 18.0 Å². The normalized spacial score (nSPS) is 13.0. The van der Waals surface area contributed by atoms with Crippen LogP contribution in [-0.2, 0) is 30.7 Å². The van der Waals surface area contributed by atoms with Crippen LogP contribution in [0.5, 0.6) is 0 Å². The Balaban J connectivity index is 3.07. The highest BCUT2D eigenvalue weighted by atomic mass is 32.2. The summed E-state index contributed by atoms with van der Waals surface area (Å²) in [5.41, 5.74) is 0.129. The van der Waals surface area contributed by atoms with Crippen molar-refractivity contribution < 1.29 is 27.5 Å². The quantitative estimate of drug-likeness (QED) is 0.680. The van der Waals surface area contributed by atoms with Gasteiger partial charge in [-0.3, -0.25) is 4.72 Å². The highest BCUT2D eigenvalue weighted by molar-refractivity contribution is 7.92. The highest BCUT2D eigenvalue weighted by Gasteiger charge is 2.27. The van der Waals surface area contributed by atoms with E-state index in [0.29, 0.717) is 11.3 Å². The number of amides is 1. The number of alkyl carbamates (subject to hydrolysis) is 1. The predicted molar refractivity (Wildman–Crippen MR) is 103 cm³/mol. The minimum atomic E-state index is -3.50. The van der Waals surface area contributed by atoms with Gasteiger partial charge in [0.25, 0.3) is 0 Å². The number of anilines is 1. The van der Waals surface area contributed by atoms with Gasteiger partial charge in [0.1, 0.15) is 11.6 Å². The lowest BCUT2D eigenvalue weighted by Crippen LogP contribution is -2.46. The SMILES string of the molecule is CC(C)OC(=O)C(Cc1ccccc1NS(C)(=O)=O)NC(=O)OC(C)(C)C.